The number of amides is 1. The van der Waals surface area contributed by atoms with E-state index in [0.717, 1.165) is 17.1 Å². The topological polar surface area (TPSA) is 81.9 Å². The van der Waals surface area contributed by atoms with Gasteiger partial charge in [0.2, 0.25) is 0 Å². The molecule has 0 saturated carbocycles. The molecule has 7 nitrogen and oxygen atoms in total. The number of nitrogens with one attached hydrogen (secondary N) is 1. The molecule has 2 aromatic heterocycles. The van der Waals surface area contributed by atoms with E-state index in [9.17, 15) is 4.79 Å². The predicted molar refractivity (Wildman–Crippen MR) is 106 cm³/mol. The van der Waals surface area contributed by atoms with E-state index in [-0.39, 0.29) is 11.9 Å². The smallest absolute Gasteiger partial charge is 0.263 e. The zero-order valence-corrected chi connectivity index (χ0v) is 16.9. The van der Waals surface area contributed by atoms with Crippen molar-refractivity contribution in [3.05, 3.63) is 40.5 Å². The minimum Gasteiger partial charge on any atom is -0.494 e. The second kappa shape index (κ2) is 7.87. The van der Waals surface area contributed by atoms with Gasteiger partial charge in [0.05, 0.1) is 23.7 Å². The number of aryl methyl sites for hydroxylation is 1. The molecule has 0 unspecified atom stereocenters. The van der Waals surface area contributed by atoms with E-state index in [0.29, 0.717) is 27.9 Å². The second-order valence-corrected chi connectivity index (χ2v) is 7.42. The molecule has 142 valence electrons. The molecule has 3 rings (SSSR count). The van der Waals surface area contributed by atoms with E-state index in [2.05, 4.69) is 20.6 Å². The minimum absolute atomic E-state index is 0.0738. The molecule has 2 heterocycles. The number of carbonyl (C=O) groups excluding carboxylic acids is 1. The number of rotatable bonds is 6. The average molecular weight is 385 g/mol. The van der Waals surface area contributed by atoms with Crippen LogP contribution in [0.1, 0.15) is 41.8 Å². The standard InChI is InChI=1S/C19H23N5O2S/c1-6-26-15-9-7-14(8-10-15)24-13(5)16(22-23-24)19-21-12(4)17(27-19)18(25)20-11(2)3/h7-11H,6H2,1-5H3,(H,20,25). The Morgan fingerprint density at radius 2 is 1.96 bits per heavy atom. The number of ether oxygens (including phenoxy) is 1. The molecule has 0 radical (unpaired) electrons. The summed E-state index contributed by atoms with van der Waals surface area (Å²) in [7, 11) is 0. The van der Waals surface area contributed by atoms with Gasteiger partial charge in [-0.3, -0.25) is 4.79 Å². The molecule has 1 N–H and O–H groups in total. The Balaban J connectivity index is 1.90. The van der Waals surface area contributed by atoms with Crippen LogP contribution < -0.4 is 10.1 Å². The van der Waals surface area contributed by atoms with Crippen LogP contribution in [0, 0.1) is 13.8 Å². The Morgan fingerprint density at radius 3 is 2.59 bits per heavy atom. The van der Waals surface area contributed by atoms with Crippen molar-refractivity contribution in [1.82, 2.24) is 25.3 Å². The molecular weight excluding hydrogens is 362 g/mol. The Bertz CT molecular complexity index is 944. The van der Waals surface area contributed by atoms with Crippen molar-refractivity contribution < 1.29 is 9.53 Å². The highest BCUT2D eigenvalue weighted by atomic mass is 32.1. The van der Waals surface area contributed by atoms with Crippen LogP contribution in [0.5, 0.6) is 5.75 Å². The van der Waals surface area contributed by atoms with Gasteiger partial charge >= 0.3 is 0 Å². The zero-order chi connectivity index (χ0) is 19.6. The van der Waals surface area contributed by atoms with Crippen LogP contribution in [0.2, 0.25) is 0 Å². The van der Waals surface area contributed by atoms with Crippen LogP contribution >= 0.6 is 11.3 Å². The fraction of sp³-hybridized carbons (Fsp3) is 0.368. The van der Waals surface area contributed by atoms with Crippen molar-refractivity contribution in [2.45, 2.75) is 40.7 Å². The fourth-order valence-corrected chi connectivity index (χ4v) is 3.66. The molecule has 0 aliphatic rings. The number of carbonyl (C=O) groups is 1. The molecule has 0 spiro atoms. The van der Waals surface area contributed by atoms with Gasteiger partial charge in [0.15, 0.2) is 0 Å². The third-order valence-corrected chi connectivity index (χ3v) is 5.07. The Kier molecular flexibility index (Phi) is 5.55. The lowest BCUT2D eigenvalue weighted by Crippen LogP contribution is -2.29. The summed E-state index contributed by atoms with van der Waals surface area (Å²) in [5.74, 6) is 0.707. The first-order valence-electron chi connectivity index (χ1n) is 8.85. The van der Waals surface area contributed by atoms with Gasteiger partial charge in [0.1, 0.15) is 21.3 Å². The molecule has 0 atom stereocenters. The molecule has 3 aromatic rings. The SMILES string of the molecule is CCOc1ccc(-n2nnc(-c3nc(C)c(C(=O)NC(C)C)s3)c2C)cc1. The van der Waals surface area contributed by atoms with Crippen LogP contribution in [0.25, 0.3) is 16.4 Å². The van der Waals surface area contributed by atoms with Crippen LogP contribution in [-0.4, -0.2) is 38.5 Å². The van der Waals surface area contributed by atoms with Gasteiger partial charge in [-0.25, -0.2) is 9.67 Å². The lowest BCUT2D eigenvalue weighted by atomic mass is 10.3. The Morgan fingerprint density at radius 1 is 1.26 bits per heavy atom. The van der Waals surface area contributed by atoms with Gasteiger partial charge in [0.25, 0.3) is 5.91 Å². The normalized spacial score (nSPS) is 11.0. The number of hydrogen-bond acceptors (Lipinski definition) is 6. The minimum atomic E-state index is -0.109. The quantitative estimate of drug-likeness (QED) is 0.702. The van der Waals surface area contributed by atoms with E-state index in [1.807, 2.05) is 58.9 Å². The Hall–Kier alpha value is -2.74. The number of hydrogen-bond donors (Lipinski definition) is 1. The van der Waals surface area contributed by atoms with Gasteiger partial charge in [-0.15, -0.1) is 16.4 Å². The zero-order valence-electron chi connectivity index (χ0n) is 16.1. The second-order valence-electron chi connectivity index (χ2n) is 6.42. The van der Waals surface area contributed by atoms with E-state index >= 15 is 0 Å². The lowest BCUT2D eigenvalue weighted by molar-refractivity contribution is 0.0946. The van der Waals surface area contributed by atoms with Crippen LogP contribution in [0.15, 0.2) is 24.3 Å². The molecule has 27 heavy (non-hydrogen) atoms. The summed E-state index contributed by atoms with van der Waals surface area (Å²) in [6, 6.07) is 7.75. The highest BCUT2D eigenvalue weighted by Gasteiger charge is 2.21. The highest BCUT2D eigenvalue weighted by Crippen LogP contribution is 2.29. The third-order valence-electron chi connectivity index (χ3n) is 3.91. The summed E-state index contributed by atoms with van der Waals surface area (Å²) in [5, 5.41) is 12.2. The number of nitrogens with zero attached hydrogens (tertiary/aromatic N) is 4. The van der Waals surface area contributed by atoms with Crippen molar-refractivity contribution in [2.24, 2.45) is 0 Å². The molecule has 8 heteroatoms. The van der Waals surface area contributed by atoms with Crippen LogP contribution in [0.3, 0.4) is 0 Å². The summed E-state index contributed by atoms with van der Waals surface area (Å²) in [4.78, 5) is 17.5. The van der Waals surface area contributed by atoms with Crippen LogP contribution in [-0.2, 0) is 0 Å². The van der Waals surface area contributed by atoms with Gasteiger partial charge in [-0.05, 0) is 58.9 Å². The molecule has 1 amide bonds. The molecule has 1 aromatic carbocycles. The van der Waals surface area contributed by atoms with Crippen molar-refractivity contribution in [3.8, 4) is 22.1 Å². The Labute approximate surface area is 162 Å². The summed E-state index contributed by atoms with van der Waals surface area (Å²) < 4.78 is 7.24. The molecule has 0 fully saturated rings. The third kappa shape index (κ3) is 4.00. The van der Waals surface area contributed by atoms with Crippen molar-refractivity contribution >= 4 is 17.2 Å². The first kappa shape index (κ1) is 19.0. The number of benzene rings is 1. The fourth-order valence-electron chi connectivity index (χ4n) is 2.66. The first-order valence-corrected chi connectivity index (χ1v) is 9.66. The van der Waals surface area contributed by atoms with Crippen molar-refractivity contribution in [3.63, 3.8) is 0 Å². The van der Waals surface area contributed by atoms with Gasteiger partial charge < -0.3 is 10.1 Å². The van der Waals surface area contributed by atoms with E-state index in [4.69, 9.17) is 4.74 Å². The van der Waals surface area contributed by atoms with Crippen LogP contribution in [0.4, 0.5) is 0 Å². The largest absolute Gasteiger partial charge is 0.494 e. The summed E-state index contributed by atoms with van der Waals surface area (Å²) >= 11 is 1.34. The molecule has 0 saturated heterocycles. The van der Waals surface area contributed by atoms with E-state index < -0.39 is 0 Å². The molecule has 0 aliphatic carbocycles. The van der Waals surface area contributed by atoms with Crippen molar-refractivity contribution in [2.75, 3.05) is 6.61 Å². The monoisotopic (exact) mass is 385 g/mol. The van der Waals surface area contributed by atoms with Gasteiger partial charge in [-0.2, -0.15) is 0 Å². The van der Waals surface area contributed by atoms with E-state index in [1.165, 1.54) is 11.3 Å². The van der Waals surface area contributed by atoms with E-state index in [1.54, 1.807) is 4.68 Å². The number of aromatic nitrogens is 4. The summed E-state index contributed by atoms with van der Waals surface area (Å²) in [5.41, 5.74) is 3.13. The maximum atomic E-state index is 12.3. The molecule has 0 aliphatic heterocycles. The van der Waals surface area contributed by atoms with Gasteiger partial charge in [0, 0.05) is 6.04 Å². The number of thiazole rings is 1. The average Bonchev–Trinajstić information content (AvgIpc) is 3.18. The van der Waals surface area contributed by atoms with Gasteiger partial charge in [-0.1, -0.05) is 5.21 Å². The predicted octanol–water partition coefficient (Wildman–Crippen LogP) is 3.54. The highest BCUT2D eigenvalue weighted by molar-refractivity contribution is 7.17. The lowest BCUT2D eigenvalue weighted by Gasteiger charge is -2.06. The summed E-state index contributed by atoms with van der Waals surface area (Å²) in [6.45, 7) is 10.2. The van der Waals surface area contributed by atoms with Crippen molar-refractivity contribution in [1.29, 1.82) is 0 Å². The maximum absolute atomic E-state index is 12.3. The first-order chi connectivity index (χ1) is 12.9. The summed E-state index contributed by atoms with van der Waals surface area (Å²) in [6.07, 6.45) is 0. The maximum Gasteiger partial charge on any atom is 0.263 e. The molecular formula is C19H23N5O2S. The molecule has 0 bridgehead atoms.